The van der Waals surface area contributed by atoms with Gasteiger partial charge in [0.15, 0.2) is 0 Å². The van der Waals surface area contributed by atoms with Crippen molar-refractivity contribution in [2.24, 2.45) is 11.8 Å². The topological polar surface area (TPSA) is 113 Å². The van der Waals surface area contributed by atoms with Crippen molar-refractivity contribution in [2.75, 3.05) is 13.1 Å². The molecule has 1 fully saturated rings. The number of ether oxygens (including phenoxy) is 1. The Hall–Kier alpha value is -3.98. The number of esters is 1. The molecule has 0 spiro atoms. The maximum absolute atomic E-state index is 14.6. The second kappa shape index (κ2) is 16.7. The van der Waals surface area contributed by atoms with Crippen LogP contribution in [0, 0.1) is 11.8 Å². The Kier molecular flexibility index (Phi) is 12.8. The number of nitrogens with zero attached hydrogens (tertiary/aromatic N) is 1. The highest BCUT2D eigenvalue weighted by atomic mass is 79.9. The number of aliphatic carboxylic acids is 1. The van der Waals surface area contributed by atoms with Crippen molar-refractivity contribution in [3.8, 4) is 0 Å². The van der Waals surface area contributed by atoms with Gasteiger partial charge >= 0.3 is 11.9 Å². The maximum atomic E-state index is 14.6. The third-order valence-electron chi connectivity index (χ3n) is 8.57. The Morgan fingerprint density at radius 1 is 0.830 bits per heavy atom. The molecule has 3 atom stereocenters. The van der Waals surface area contributed by atoms with Crippen LogP contribution in [0.2, 0.25) is 0 Å². The van der Waals surface area contributed by atoms with Crippen LogP contribution in [0.4, 0.5) is 0 Å². The summed E-state index contributed by atoms with van der Waals surface area (Å²) in [5.41, 5.74) is 2.10. The van der Waals surface area contributed by atoms with Gasteiger partial charge in [-0.3, -0.25) is 19.2 Å². The van der Waals surface area contributed by atoms with Gasteiger partial charge < -0.3 is 20.1 Å². The van der Waals surface area contributed by atoms with E-state index in [1.54, 1.807) is 49.9 Å². The molecule has 0 bridgehead atoms. The van der Waals surface area contributed by atoms with Gasteiger partial charge in [-0.15, -0.1) is 0 Å². The summed E-state index contributed by atoms with van der Waals surface area (Å²) in [7, 11) is 0. The zero-order chi connectivity index (χ0) is 34.0. The van der Waals surface area contributed by atoms with Crippen LogP contribution in [0.25, 0.3) is 0 Å². The molecule has 1 saturated carbocycles. The van der Waals surface area contributed by atoms with E-state index in [2.05, 4.69) is 45.5 Å². The minimum absolute atomic E-state index is 0.0188. The fraction of sp³-hybridized carbons (Fsp3) is 0.421. The van der Waals surface area contributed by atoms with E-state index in [1.807, 2.05) is 36.4 Å². The van der Waals surface area contributed by atoms with Crippen LogP contribution in [0.3, 0.4) is 0 Å². The number of nitrogens with one attached hydrogen (secondary N) is 1. The summed E-state index contributed by atoms with van der Waals surface area (Å²) in [6.45, 7) is 5.79. The molecule has 2 amide bonds. The highest BCUT2D eigenvalue weighted by molar-refractivity contribution is 9.10. The predicted molar refractivity (Wildman–Crippen MR) is 184 cm³/mol. The van der Waals surface area contributed by atoms with Crippen LogP contribution in [-0.2, 0) is 23.9 Å². The Labute approximate surface area is 286 Å². The van der Waals surface area contributed by atoms with Crippen molar-refractivity contribution in [2.45, 2.75) is 76.9 Å². The van der Waals surface area contributed by atoms with E-state index in [-0.39, 0.29) is 24.8 Å². The number of amides is 2. The van der Waals surface area contributed by atoms with Crippen molar-refractivity contribution in [3.05, 3.63) is 106 Å². The molecule has 0 heterocycles. The average Bonchev–Trinajstić information content (AvgIpc) is 3.05. The fourth-order valence-corrected chi connectivity index (χ4v) is 6.51. The molecule has 3 aromatic carbocycles. The van der Waals surface area contributed by atoms with Crippen molar-refractivity contribution >= 4 is 39.7 Å². The quantitative estimate of drug-likeness (QED) is 0.181. The zero-order valence-corrected chi connectivity index (χ0v) is 28.9. The maximum Gasteiger partial charge on any atom is 0.308 e. The van der Waals surface area contributed by atoms with Crippen molar-refractivity contribution in [3.63, 3.8) is 0 Å². The Balaban J connectivity index is 1.65. The summed E-state index contributed by atoms with van der Waals surface area (Å²) in [6, 6.07) is 26.2. The van der Waals surface area contributed by atoms with Gasteiger partial charge in [0.25, 0.3) is 0 Å². The molecule has 9 heteroatoms. The number of carbonyl (C=O) groups is 4. The summed E-state index contributed by atoms with van der Waals surface area (Å²) >= 11 is 3.45. The first-order valence-corrected chi connectivity index (χ1v) is 17.1. The number of halogens is 1. The van der Waals surface area contributed by atoms with Gasteiger partial charge in [-0.05, 0) is 68.9 Å². The van der Waals surface area contributed by atoms with Crippen LogP contribution >= 0.6 is 15.9 Å². The molecule has 2 N–H and O–H groups in total. The monoisotopic (exact) mass is 704 g/mol. The van der Waals surface area contributed by atoms with E-state index in [1.165, 1.54) is 0 Å². The van der Waals surface area contributed by atoms with Gasteiger partial charge in [0.1, 0.15) is 11.6 Å². The van der Waals surface area contributed by atoms with Crippen LogP contribution < -0.4 is 5.32 Å². The molecule has 0 aliphatic heterocycles. The predicted octanol–water partition coefficient (Wildman–Crippen LogP) is 7.28. The van der Waals surface area contributed by atoms with Crippen molar-refractivity contribution in [1.29, 1.82) is 0 Å². The van der Waals surface area contributed by atoms with Gasteiger partial charge in [-0.1, -0.05) is 102 Å². The molecular weight excluding hydrogens is 660 g/mol. The Bertz CT molecular complexity index is 1450. The van der Waals surface area contributed by atoms with Gasteiger partial charge in [0, 0.05) is 23.5 Å². The van der Waals surface area contributed by atoms with E-state index in [0.717, 1.165) is 28.4 Å². The second-order valence-corrected chi connectivity index (χ2v) is 14.1. The number of carbonyl (C=O) groups excluding carboxylic acids is 3. The Morgan fingerprint density at radius 3 is 1.91 bits per heavy atom. The molecule has 1 aliphatic rings. The van der Waals surface area contributed by atoms with Gasteiger partial charge in [-0.2, -0.15) is 0 Å². The average molecular weight is 706 g/mol. The van der Waals surface area contributed by atoms with E-state index < -0.39 is 41.3 Å². The van der Waals surface area contributed by atoms with E-state index in [9.17, 15) is 24.3 Å². The van der Waals surface area contributed by atoms with E-state index >= 15 is 0 Å². The second-order valence-electron chi connectivity index (χ2n) is 13.2. The molecule has 4 rings (SSSR count). The summed E-state index contributed by atoms with van der Waals surface area (Å²) in [5.74, 6) is -3.79. The highest BCUT2D eigenvalue weighted by Crippen LogP contribution is 2.32. The normalized spacial score (nSPS) is 17.0. The summed E-state index contributed by atoms with van der Waals surface area (Å²) < 4.78 is 6.37. The molecular formula is C38H45BrN2O6. The number of carboxylic acid groups (broad SMARTS) is 1. The van der Waals surface area contributed by atoms with Crippen molar-refractivity contribution in [1.82, 2.24) is 10.2 Å². The van der Waals surface area contributed by atoms with Crippen LogP contribution in [0.5, 0.6) is 0 Å². The number of rotatable bonds is 13. The first-order chi connectivity index (χ1) is 22.4. The van der Waals surface area contributed by atoms with Crippen LogP contribution in [-0.4, -0.2) is 52.4 Å². The third-order valence-corrected chi connectivity index (χ3v) is 9.09. The van der Waals surface area contributed by atoms with E-state index in [4.69, 9.17) is 4.74 Å². The number of hydrogen-bond donors (Lipinski definition) is 2. The fourth-order valence-electron chi connectivity index (χ4n) is 6.25. The number of benzene rings is 3. The zero-order valence-electron chi connectivity index (χ0n) is 27.4. The minimum Gasteiger partial charge on any atom is -0.481 e. The van der Waals surface area contributed by atoms with Gasteiger partial charge in [0.05, 0.1) is 18.3 Å². The lowest BCUT2D eigenvalue weighted by molar-refractivity contribution is -0.155. The van der Waals surface area contributed by atoms with Gasteiger partial charge in [-0.25, -0.2) is 0 Å². The Morgan fingerprint density at radius 2 is 1.38 bits per heavy atom. The van der Waals surface area contributed by atoms with Crippen LogP contribution in [0.15, 0.2) is 89.4 Å². The lowest BCUT2D eigenvalue weighted by Gasteiger charge is -2.32. The first kappa shape index (κ1) is 35.9. The lowest BCUT2D eigenvalue weighted by Crippen LogP contribution is -2.47. The standard InChI is InChI=1S/C38H45BrN2O6/c1-38(2,3)47-33(42)23-25-41(24-22-30(26-12-6-4-7-13-26)27-14-8-5-9-15-27)36(44)34(28-18-20-29(39)21-19-28)40-35(43)31-16-10-11-17-32(31)37(45)46/h4-9,12-15,18-21,30-32,34H,10-11,16-17,22-25H2,1-3H3,(H,40,43)(H,45,46)/t31-,32-,34?/m1/s1. The van der Waals surface area contributed by atoms with Gasteiger partial charge in [0.2, 0.25) is 11.8 Å². The molecule has 0 radical (unpaired) electrons. The number of carboxylic acids is 1. The summed E-state index contributed by atoms with van der Waals surface area (Å²) in [4.78, 5) is 54.8. The summed E-state index contributed by atoms with van der Waals surface area (Å²) in [5, 5.41) is 12.8. The van der Waals surface area contributed by atoms with Crippen molar-refractivity contribution < 1.29 is 29.0 Å². The summed E-state index contributed by atoms with van der Waals surface area (Å²) in [6.07, 6.45) is 2.92. The molecule has 1 unspecified atom stereocenters. The molecule has 1 aliphatic carbocycles. The molecule has 0 saturated heterocycles. The lowest BCUT2D eigenvalue weighted by atomic mass is 9.78. The van der Waals surface area contributed by atoms with Crippen LogP contribution in [0.1, 0.15) is 87.9 Å². The smallest absolute Gasteiger partial charge is 0.308 e. The minimum atomic E-state index is -1.07. The molecule has 250 valence electrons. The SMILES string of the molecule is CC(C)(C)OC(=O)CCN(CCC(c1ccccc1)c1ccccc1)C(=O)C(NC(=O)[C@@H]1CCCC[C@H]1C(=O)O)c1ccc(Br)cc1. The molecule has 47 heavy (non-hydrogen) atoms. The largest absolute Gasteiger partial charge is 0.481 e. The molecule has 0 aromatic heterocycles. The first-order valence-electron chi connectivity index (χ1n) is 16.3. The number of hydrogen-bond acceptors (Lipinski definition) is 5. The highest BCUT2D eigenvalue weighted by Gasteiger charge is 2.38. The molecule has 8 nitrogen and oxygen atoms in total. The third kappa shape index (κ3) is 10.5. The molecule has 3 aromatic rings. The van der Waals surface area contributed by atoms with E-state index in [0.29, 0.717) is 31.4 Å².